The van der Waals surface area contributed by atoms with E-state index in [-0.39, 0.29) is 0 Å². The average molecular weight is 310 g/mol. The highest BCUT2D eigenvalue weighted by Gasteiger charge is 2.07. The number of rotatable bonds is 5. The normalized spacial score (nSPS) is 10.6. The maximum absolute atomic E-state index is 5.97. The number of aryl methyl sites for hydroxylation is 1. The highest BCUT2D eigenvalue weighted by Crippen LogP contribution is 2.35. The first kappa shape index (κ1) is 15.0. The SMILES string of the molecule is CCCCc1ccc(Oc2cc(Cl)c(Cl)cc2N)cc1. The van der Waals surface area contributed by atoms with Crippen molar-refractivity contribution >= 4 is 28.9 Å². The zero-order valence-corrected chi connectivity index (χ0v) is 12.8. The number of hydrogen-bond acceptors (Lipinski definition) is 2. The molecule has 20 heavy (non-hydrogen) atoms. The van der Waals surface area contributed by atoms with Crippen LogP contribution in [0.5, 0.6) is 11.5 Å². The third kappa shape index (κ3) is 3.81. The second-order valence-corrected chi connectivity index (χ2v) is 5.47. The highest BCUT2D eigenvalue weighted by molar-refractivity contribution is 6.42. The van der Waals surface area contributed by atoms with Gasteiger partial charge in [-0.05, 0) is 36.6 Å². The van der Waals surface area contributed by atoms with E-state index in [0.29, 0.717) is 21.5 Å². The Hall–Kier alpha value is -1.38. The largest absolute Gasteiger partial charge is 0.455 e. The van der Waals surface area contributed by atoms with E-state index in [0.717, 1.165) is 12.2 Å². The van der Waals surface area contributed by atoms with Crippen molar-refractivity contribution in [3.05, 3.63) is 52.0 Å². The average Bonchev–Trinajstić information content (AvgIpc) is 2.44. The number of anilines is 1. The Morgan fingerprint density at radius 1 is 1.05 bits per heavy atom. The van der Waals surface area contributed by atoms with E-state index in [1.165, 1.54) is 18.4 Å². The molecule has 0 fully saturated rings. The summed E-state index contributed by atoms with van der Waals surface area (Å²) in [7, 11) is 0. The summed E-state index contributed by atoms with van der Waals surface area (Å²) < 4.78 is 5.74. The van der Waals surface area contributed by atoms with E-state index in [1.807, 2.05) is 12.1 Å². The van der Waals surface area contributed by atoms with E-state index in [2.05, 4.69) is 19.1 Å². The predicted octanol–water partition coefficient (Wildman–Crippen LogP) is 5.71. The van der Waals surface area contributed by atoms with Gasteiger partial charge in [-0.15, -0.1) is 0 Å². The minimum absolute atomic E-state index is 0.423. The second kappa shape index (κ2) is 6.87. The Kier molecular flexibility index (Phi) is 5.16. The first-order valence-corrected chi connectivity index (χ1v) is 7.37. The van der Waals surface area contributed by atoms with Crippen LogP contribution in [0.3, 0.4) is 0 Å². The zero-order chi connectivity index (χ0) is 14.5. The molecule has 0 amide bonds. The van der Waals surface area contributed by atoms with Gasteiger partial charge in [0.15, 0.2) is 5.75 Å². The molecule has 106 valence electrons. The molecule has 2 aromatic carbocycles. The van der Waals surface area contributed by atoms with Gasteiger partial charge < -0.3 is 10.5 Å². The predicted molar refractivity (Wildman–Crippen MR) is 86.0 cm³/mol. The Bertz CT molecular complexity index is 582. The molecule has 0 aliphatic carbocycles. The lowest BCUT2D eigenvalue weighted by atomic mass is 10.1. The maximum Gasteiger partial charge on any atom is 0.151 e. The molecular weight excluding hydrogens is 293 g/mol. The van der Waals surface area contributed by atoms with Crippen molar-refractivity contribution in [3.63, 3.8) is 0 Å². The van der Waals surface area contributed by atoms with Crippen LogP contribution >= 0.6 is 23.2 Å². The molecule has 0 spiro atoms. The van der Waals surface area contributed by atoms with Gasteiger partial charge in [-0.3, -0.25) is 0 Å². The Balaban J connectivity index is 2.12. The van der Waals surface area contributed by atoms with Crippen molar-refractivity contribution in [1.82, 2.24) is 0 Å². The van der Waals surface area contributed by atoms with Gasteiger partial charge in [-0.25, -0.2) is 0 Å². The fourth-order valence-corrected chi connectivity index (χ4v) is 2.19. The zero-order valence-electron chi connectivity index (χ0n) is 11.3. The number of halogens is 2. The van der Waals surface area contributed by atoms with Crippen molar-refractivity contribution in [2.24, 2.45) is 0 Å². The second-order valence-electron chi connectivity index (χ2n) is 4.65. The van der Waals surface area contributed by atoms with Crippen LogP contribution in [0.2, 0.25) is 10.0 Å². The molecule has 2 aromatic rings. The Labute approximate surface area is 129 Å². The van der Waals surface area contributed by atoms with Gasteiger partial charge in [-0.2, -0.15) is 0 Å². The van der Waals surface area contributed by atoms with Gasteiger partial charge in [0.1, 0.15) is 5.75 Å². The summed E-state index contributed by atoms with van der Waals surface area (Å²) in [5, 5.41) is 0.849. The van der Waals surface area contributed by atoms with Gasteiger partial charge in [0.25, 0.3) is 0 Å². The molecule has 0 atom stereocenters. The molecule has 0 unspecified atom stereocenters. The molecule has 0 aromatic heterocycles. The van der Waals surface area contributed by atoms with Crippen LogP contribution in [-0.4, -0.2) is 0 Å². The summed E-state index contributed by atoms with van der Waals surface area (Å²) >= 11 is 11.9. The third-order valence-electron chi connectivity index (χ3n) is 3.02. The number of ether oxygens (including phenoxy) is 1. The summed E-state index contributed by atoms with van der Waals surface area (Å²) in [6.45, 7) is 2.19. The maximum atomic E-state index is 5.97. The summed E-state index contributed by atoms with van der Waals surface area (Å²) in [5.41, 5.74) is 7.64. The summed E-state index contributed by atoms with van der Waals surface area (Å²) in [4.78, 5) is 0. The Morgan fingerprint density at radius 2 is 1.70 bits per heavy atom. The van der Waals surface area contributed by atoms with Crippen LogP contribution in [0.1, 0.15) is 25.3 Å². The van der Waals surface area contributed by atoms with Gasteiger partial charge in [-0.1, -0.05) is 48.7 Å². The first-order chi connectivity index (χ1) is 9.60. The number of nitrogens with two attached hydrogens (primary N) is 1. The number of unbranched alkanes of at least 4 members (excludes halogenated alkanes) is 1. The standard InChI is InChI=1S/C16H17Cl2NO/c1-2-3-4-11-5-7-12(8-6-11)20-16-10-14(18)13(17)9-15(16)19/h5-10H,2-4,19H2,1H3. The van der Waals surface area contributed by atoms with Crippen molar-refractivity contribution in [3.8, 4) is 11.5 Å². The summed E-state index contributed by atoms with van der Waals surface area (Å²) in [6.07, 6.45) is 3.48. The molecule has 2 rings (SSSR count). The van der Waals surface area contributed by atoms with Crippen molar-refractivity contribution in [2.75, 3.05) is 5.73 Å². The van der Waals surface area contributed by atoms with Crippen LogP contribution in [-0.2, 0) is 6.42 Å². The molecule has 4 heteroatoms. The highest BCUT2D eigenvalue weighted by atomic mass is 35.5. The van der Waals surface area contributed by atoms with Crippen molar-refractivity contribution < 1.29 is 4.74 Å². The van der Waals surface area contributed by atoms with Gasteiger partial charge in [0.05, 0.1) is 15.7 Å². The molecule has 0 bridgehead atoms. The number of nitrogen functional groups attached to an aromatic ring is 1. The van der Waals surface area contributed by atoms with E-state index >= 15 is 0 Å². The molecule has 0 aliphatic rings. The Morgan fingerprint density at radius 3 is 2.35 bits per heavy atom. The van der Waals surface area contributed by atoms with Crippen LogP contribution in [0.4, 0.5) is 5.69 Å². The van der Waals surface area contributed by atoms with E-state index < -0.39 is 0 Å². The molecule has 0 saturated heterocycles. The van der Waals surface area contributed by atoms with Gasteiger partial charge in [0, 0.05) is 6.07 Å². The fourth-order valence-electron chi connectivity index (χ4n) is 1.86. The molecule has 0 radical (unpaired) electrons. The molecule has 2 nitrogen and oxygen atoms in total. The van der Waals surface area contributed by atoms with Crippen LogP contribution in [0, 0.1) is 0 Å². The lowest BCUT2D eigenvalue weighted by Gasteiger charge is -2.10. The van der Waals surface area contributed by atoms with Crippen LogP contribution in [0.25, 0.3) is 0 Å². The monoisotopic (exact) mass is 309 g/mol. The molecular formula is C16H17Cl2NO. The molecule has 2 N–H and O–H groups in total. The fraction of sp³-hybridized carbons (Fsp3) is 0.250. The number of benzene rings is 2. The first-order valence-electron chi connectivity index (χ1n) is 6.61. The smallest absolute Gasteiger partial charge is 0.151 e. The van der Waals surface area contributed by atoms with Crippen LogP contribution < -0.4 is 10.5 Å². The van der Waals surface area contributed by atoms with Gasteiger partial charge >= 0.3 is 0 Å². The minimum atomic E-state index is 0.423. The minimum Gasteiger partial charge on any atom is -0.455 e. The topological polar surface area (TPSA) is 35.2 Å². The number of hydrogen-bond donors (Lipinski definition) is 1. The van der Waals surface area contributed by atoms with Crippen molar-refractivity contribution in [1.29, 1.82) is 0 Å². The van der Waals surface area contributed by atoms with E-state index in [4.69, 9.17) is 33.7 Å². The summed E-state index contributed by atoms with van der Waals surface area (Å²) in [5.74, 6) is 1.25. The van der Waals surface area contributed by atoms with Crippen molar-refractivity contribution in [2.45, 2.75) is 26.2 Å². The van der Waals surface area contributed by atoms with E-state index in [1.54, 1.807) is 12.1 Å². The van der Waals surface area contributed by atoms with E-state index in [9.17, 15) is 0 Å². The molecule has 0 heterocycles. The van der Waals surface area contributed by atoms with Crippen LogP contribution in [0.15, 0.2) is 36.4 Å². The lowest BCUT2D eigenvalue weighted by molar-refractivity contribution is 0.485. The van der Waals surface area contributed by atoms with Gasteiger partial charge in [0.2, 0.25) is 0 Å². The molecule has 0 aliphatic heterocycles. The third-order valence-corrected chi connectivity index (χ3v) is 3.75. The quantitative estimate of drug-likeness (QED) is 0.718. The lowest BCUT2D eigenvalue weighted by Crippen LogP contribution is -1.93. The molecule has 0 saturated carbocycles. The summed E-state index contributed by atoms with van der Waals surface area (Å²) in [6, 6.07) is 11.2.